The van der Waals surface area contributed by atoms with Crippen molar-refractivity contribution in [1.82, 2.24) is 9.55 Å². The number of hydrogen-bond acceptors (Lipinski definition) is 2. The fourth-order valence-corrected chi connectivity index (χ4v) is 7.67. The lowest BCUT2D eigenvalue weighted by molar-refractivity contribution is 1.11. The molecule has 2 heterocycles. The molecule has 0 aliphatic heterocycles. The largest absolute Gasteiger partial charge is 0.292 e. The number of fused-ring (bicyclic) bond motifs is 5. The molecule has 0 fully saturated rings. The minimum absolute atomic E-state index is 0.961. The SMILES string of the molecule is c1ccc(-c2ccc(-n3c(-c4cccc5c4sc4cc(-c6ccccc6)ccc45)nc4cc5ccccc5cc43)cc2)cc1. The molecule has 0 radical (unpaired) electrons. The van der Waals surface area contributed by atoms with Crippen LogP contribution in [0.3, 0.4) is 0 Å². The Hall–Kier alpha value is -5.51. The highest BCUT2D eigenvalue weighted by Crippen LogP contribution is 2.42. The summed E-state index contributed by atoms with van der Waals surface area (Å²) in [6, 6.07) is 56.6. The highest BCUT2D eigenvalue weighted by Gasteiger charge is 2.19. The predicted octanol–water partition coefficient (Wildman–Crippen LogP) is 11.5. The van der Waals surface area contributed by atoms with Crippen LogP contribution in [0.15, 0.2) is 158 Å². The maximum Gasteiger partial charge on any atom is 0.147 e. The van der Waals surface area contributed by atoms with Gasteiger partial charge < -0.3 is 0 Å². The lowest BCUT2D eigenvalue weighted by atomic mass is 10.0. The normalized spacial score (nSPS) is 11.6. The maximum atomic E-state index is 5.35. The number of aromatic nitrogens is 2. The van der Waals surface area contributed by atoms with Gasteiger partial charge in [-0.2, -0.15) is 0 Å². The van der Waals surface area contributed by atoms with Gasteiger partial charge in [0.1, 0.15) is 5.82 Å². The summed E-state index contributed by atoms with van der Waals surface area (Å²) in [7, 11) is 0. The summed E-state index contributed by atoms with van der Waals surface area (Å²) in [6.07, 6.45) is 0. The van der Waals surface area contributed by atoms with Crippen molar-refractivity contribution in [3.63, 3.8) is 0 Å². The smallest absolute Gasteiger partial charge is 0.147 e. The molecule has 206 valence electrons. The fraction of sp³-hybridized carbons (Fsp3) is 0. The second-order valence-corrected chi connectivity index (χ2v) is 12.3. The van der Waals surface area contributed by atoms with Crippen LogP contribution in [0.25, 0.3) is 81.3 Å². The quantitative estimate of drug-likeness (QED) is 0.203. The molecule has 0 unspecified atom stereocenters. The van der Waals surface area contributed by atoms with Crippen LogP contribution in [-0.4, -0.2) is 9.55 Å². The molecule has 2 nitrogen and oxygen atoms in total. The summed E-state index contributed by atoms with van der Waals surface area (Å²) in [5.74, 6) is 0.961. The van der Waals surface area contributed by atoms with Gasteiger partial charge in [0.25, 0.3) is 0 Å². The van der Waals surface area contributed by atoms with E-state index in [0.717, 1.165) is 28.1 Å². The van der Waals surface area contributed by atoms with Gasteiger partial charge >= 0.3 is 0 Å². The lowest BCUT2D eigenvalue weighted by Crippen LogP contribution is -1.98. The van der Waals surface area contributed by atoms with Gasteiger partial charge in [0.05, 0.1) is 11.0 Å². The average molecular weight is 579 g/mol. The van der Waals surface area contributed by atoms with Gasteiger partial charge in [-0.15, -0.1) is 11.3 Å². The van der Waals surface area contributed by atoms with Gasteiger partial charge in [-0.05, 0) is 69.4 Å². The number of hydrogen-bond donors (Lipinski definition) is 0. The number of nitrogens with zero attached hydrogens (tertiary/aromatic N) is 2. The second-order valence-electron chi connectivity index (χ2n) is 11.2. The minimum atomic E-state index is 0.961. The number of imidazole rings is 1. The first kappa shape index (κ1) is 25.0. The first-order valence-corrected chi connectivity index (χ1v) is 15.7. The van der Waals surface area contributed by atoms with Gasteiger partial charge in [-0.1, -0.05) is 121 Å². The summed E-state index contributed by atoms with van der Waals surface area (Å²) < 4.78 is 4.88. The van der Waals surface area contributed by atoms with Crippen molar-refractivity contribution >= 4 is 53.3 Å². The lowest BCUT2D eigenvalue weighted by Gasteiger charge is -2.12. The van der Waals surface area contributed by atoms with Gasteiger partial charge in [-0.3, -0.25) is 4.57 Å². The van der Waals surface area contributed by atoms with E-state index in [0.29, 0.717) is 0 Å². The highest BCUT2D eigenvalue weighted by molar-refractivity contribution is 7.26. The highest BCUT2D eigenvalue weighted by atomic mass is 32.1. The molecule has 2 aromatic heterocycles. The molecule has 0 saturated heterocycles. The molecule has 9 rings (SSSR count). The van der Waals surface area contributed by atoms with E-state index in [2.05, 4.69) is 162 Å². The van der Waals surface area contributed by atoms with Gasteiger partial charge in [0.15, 0.2) is 0 Å². The average Bonchev–Trinajstić information content (AvgIpc) is 3.66. The Kier molecular flexibility index (Phi) is 5.71. The predicted molar refractivity (Wildman–Crippen MR) is 188 cm³/mol. The standard InChI is InChI=1S/C41H26N2S/c1-3-10-27(11-4-1)29-18-21-33(22-19-29)43-38-25-31-15-8-7-14-30(31)24-37(38)42-41(43)36-17-9-16-35-34-23-20-32(26-39(34)44-40(35)36)28-12-5-2-6-13-28/h1-26H. The van der Waals surface area contributed by atoms with Crippen LogP contribution in [0, 0.1) is 0 Å². The molecule has 0 spiro atoms. The number of rotatable bonds is 4. The van der Waals surface area contributed by atoms with E-state index in [1.807, 2.05) is 11.3 Å². The molecule has 3 heteroatoms. The Balaban J connectivity index is 1.28. The third-order valence-corrected chi connectivity index (χ3v) is 9.80. The molecule has 9 aromatic rings. The topological polar surface area (TPSA) is 17.8 Å². The van der Waals surface area contributed by atoms with E-state index in [1.165, 1.54) is 53.2 Å². The van der Waals surface area contributed by atoms with Crippen LogP contribution in [0.4, 0.5) is 0 Å². The molecule has 0 atom stereocenters. The molecule has 0 saturated carbocycles. The summed E-state index contributed by atoms with van der Waals surface area (Å²) in [4.78, 5) is 5.35. The molecule has 0 aliphatic rings. The Morgan fingerprint density at radius 2 is 1.11 bits per heavy atom. The molecule has 7 aromatic carbocycles. The molecular weight excluding hydrogens is 553 g/mol. The Morgan fingerprint density at radius 1 is 0.477 bits per heavy atom. The third kappa shape index (κ3) is 4.05. The van der Waals surface area contributed by atoms with Crippen LogP contribution in [0.5, 0.6) is 0 Å². The second kappa shape index (κ2) is 10.0. The monoisotopic (exact) mass is 578 g/mol. The van der Waals surface area contributed by atoms with Gasteiger partial charge in [-0.25, -0.2) is 4.98 Å². The zero-order valence-electron chi connectivity index (χ0n) is 23.8. The minimum Gasteiger partial charge on any atom is -0.292 e. The van der Waals surface area contributed by atoms with Crippen molar-refractivity contribution in [1.29, 1.82) is 0 Å². The Morgan fingerprint density at radius 3 is 1.86 bits per heavy atom. The summed E-state index contributed by atoms with van der Waals surface area (Å²) in [5, 5.41) is 4.96. The maximum absolute atomic E-state index is 5.35. The van der Waals surface area contributed by atoms with Crippen molar-refractivity contribution in [3.8, 4) is 39.3 Å². The van der Waals surface area contributed by atoms with Crippen molar-refractivity contribution < 1.29 is 0 Å². The molecule has 0 amide bonds. The van der Waals surface area contributed by atoms with Gasteiger partial charge in [0, 0.05) is 31.4 Å². The van der Waals surface area contributed by atoms with Crippen LogP contribution < -0.4 is 0 Å². The van der Waals surface area contributed by atoms with E-state index in [4.69, 9.17) is 4.98 Å². The van der Waals surface area contributed by atoms with Gasteiger partial charge in [0.2, 0.25) is 0 Å². The summed E-state index contributed by atoms with van der Waals surface area (Å²) in [6.45, 7) is 0. The first-order valence-electron chi connectivity index (χ1n) is 14.9. The number of benzene rings is 7. The Bertz CT molecular complexity index is 2470. The molecule has 0 bridgehead atoms. The van der Waals surface area contributed by atoms with Crippen molar-refractivity contribution in [2.45, 2.75) is 0 Å². The summed E-state index contributed by atoms with van der Waals surface area (Å²) in [5.41, 5.74) is 9.24. The number of thiophene rings is 1. The van der Waals surface area contributed by atoms with Crippen molar-refractivity contribution in [3.05, 3.63) is 158 Å². The summed E-state index contributed by atoms with van der Waals surface area (Å²) >= 11 is 1.86. The van der Waals surface area contributed by atoms with E-state index >= 15 is 0 Å². The zero-order valence-corrected chi connectivity index (χ0v) is 24.6. The fourth-order valence-electron chi connectivity index (χ4n) is 6.42. The van der Waals surface area contributed by atoms with Crippen LogP contribution in [0.1, 0.15) is 0 Å². The van der Waals surface area contributed by atoms with E-state index in [1.54, 1.807) is 0 Å². The van der Waals surface area contributed by atoms with E-state index < -0.39 is 0 Å². The molecule has 0 aliphatic carbocycles. The Labute approximate surface area is 259 Å². The third-order valence-electron chi connectivity index (χ3n) is 8.60. The van der Waals surface area contributed by atoms with Crippen molar-refractivity contribution in [2.75, 3.05) is 0 Å². The van der Waals surface area contributed by atoms with Crippen LogP contribution in [0.2, 0.25) is 0 Å². The van der Waals surface area contributed by atoms with E-state index in [9.17, 15) is 0 Å². The zero-order chi connectivity index (χ0) is 29.0. The van der Waals surface area contributed by atoms with Crippen LogP contribution >= 0.6 is 11.3 Å². The molecule has 44 heavy (non-hydrogen) atoms. The first-order chi connectivity index (χ1) is 21.8. The van der Waals surface area contributed by atoms with Crippen LogP contribution in [-0.2, 0) is 0 Å². The van der Waals surface area contributed by atoms with E-state index in [-0.39, 0.29) is 0 Å². The molecular formula is C41H26N2S. The molecule has 0 N–H and O–H groups in total. The van der Waals surface area contributed by atoms with Crippen molar-refractivity contribution in [2.24, 2.45) is 0 Å².